The molecule has 0 heterocycles. The fraction of sp³-hybridized carbons (Fsp3) is 0.923. The van der Waals surface area contributed by atoms with E-state index in [-0.39, 0.29) is 11.8 Å². The van der Waals surface area contributed by atoms with Crippen LogP contribution in [0, 0.1) is 5.92 Å². The van der Waals surface area contributed by atoms with Crippen LogP contribution in [0.25, 0.3) is 0 Å². The van der Waals surface area contributed by atoms with Gasteiger partial charge in [0.15, 0.2) is 0 Å². The van der Waals surface area contributed by atoms with Crippen LogP contribution >= 0.6 is 0 Å². The molecule has 0 bridgehead atoms. The van der Waals surface area contributed by atoms with E-state index in [2.05, 4.69) is 24.2 Å². The van der Waals surface area contributed by atoms with Crippen LogP contribution in [0.15, 0.2) is 0 Å². The third-order valence-electron chi connectivity index (χ3n) is 4.21. The Bertz CT molecular complexity index is 279. The SMILES string of the molecule is CC(CNC(=O)C1CCCC1O)N(C)C1CC1. The predicted octanol–water partition coefficient (Wildman–Crippen LogP) is 0.746. The van der Waals surface area contributed by atoms with Crippen molar-refractivity contribution in [3.05, 3.63) is 0 Å². The molecular weight excluding hydrogens is 216 g/mol. The lowest BCUT2D eigenvalue weighted by Gasteiger charge is -2.25. The lowest BCUT2D eigenvalue weighted by atomic mass is 10.1. The maximum absolute atomic E-state index is 11.9. The second-order valence-electron chi connectivity index (χ2n) is 5.60. The molecule has 0 saturated heterocycles. The third-order valence-corrected chi connectivity index (χ3v) is 4.21. The Balaban J connectivity index is 1.71. The number of nitrogens with zero attached hydrogens (tertiary/aromatic N) is 1. The van der Waals surface area contributed by atoms with Gasteiger partial charge in [-0.15, -0.1) is 0 Å². The minimum Gasteiger partial charge on any atom is -0.392 e. The van der Waals surface area contributed by atoms with E-state index in [9.17, 15) is 9.90 Å². The lowest BCUT2D eigenvalue weighted by Crippen LogP contribution is -2.44. The second kappa shape index (κ2) is 5.36. The Morgan fingerprint density at radius 2 is 2.12 bits per heavy atom. The van der Waals surface area contributed by atoms with E-state index in [1.54, 1.807) is 0 Å². The maximum Gasteiger partial charge on any atom is 0.225 e. The molecule has 0 spiro atoms. The highest BCUT2D eigenvalue weighted by Gasteiger charge is 2.32. The molecule has 0 aliphatic heterocycles. The van der Waals surface area contributed by atoms with Crippen molar-refractivity contribution >= 4 is 5.91 Å². The number of hydrogen-bond acceptors (Lipinski definition) is 3. The van der Waals surface area contributed by atoms with E-state index in [1.807, 2.05) is 0 Å². The number of aliphatic hydroxyl groups excluding tert-OH is 1. The van der Waals surface area contributed by atoms with Gasteiger partial charge in [-0.25, -0.2) is 0 Å². The molecule has 3 atom stereocenters. The summed E-state index contributed by atoms with van der Waals surface area (Å²) in [5.74, 6) is -0.139. The predicted molar refractivity (Wildman–Crippen MR) is 66.6 cm³/mol. The Morgan fingerprint density at radius 3 is 2.65 bits per heavy atom. The summed E-state index contributed by atoms with van der Waals surface area (Å²) in [6.07, 6.45) is 4.73. The molecule has 4 heteroatoms. The Hall–Kier alpha value is -0.610. The summed E-state index contributed by atoms with van der Waals surface area (Å²) in [7, 11) is 2.12. The fourth-order valence-corrected chi connectivity index (χ4v) is 2.61. The van der Waals surface area contributed by atoms with E-state index in [0.717, 1.165) is 25.3 Å². The van der Waals surface area contributed by atoms with Gasteiger partial charge in [0.1, 0.15) is 0 Å². The zero-order valence-electron chi connectivity index (χ0n) is 10.9. The number of hydrogen-bond donors (Lipinski definition) is 2. The number of nitrogens with one attached hydrogen (secondary N) is 1. The van der Waals surface area contributed by atoms with Crippen molar-refractivity contribution in [3.63, 3.8) is 0 Å². The Kier molecular flexibility index (Phi) is 4.05. The smallest absolute Gasteiger partial charge is 0.225 e. The van der Waals surface area contributed by atoms with Crippen LogP contribution in [0.4, 0.5) is 0 Å². The van der Waals surface area contributed by atoms with Crippen LogP contribution in [-0.2, 0) is 4.79 Å². The molecule has 2 N–H and O–H groups in total. The fourth-order valence-electron chi connectivity index (χ4n) is 2.61. The van der Waals surface area contributed by atoms with Crippen molar-refractivity contribution in [2.24, 2.45) is 5.92 Å². The quantitative estimate of drug-likeness (QED) is 0.745. The first-order valence-corrected chi connectivity index (χ1v) is 6.77. The molecule has 2 fully saturated rings. The number of carbonyl (C=O) groups excluding carboxylic acids is 1. The molecule has 3 unspecified atom stereocenters. The van der Waals surface area contributed by atoms with Crippen LogP contribution in [0.3, 0.4) is 0 Å². The topological polar surface area (TPSA) is 52.6 Å². The molecule has 98 valence electrons. The summed E-state index contributed by atoms with van der Waals surface area (Å²) in [4.78, 5) is 14.2. The maximum atomic E-state index is 11.9. The largest absolute Gasteiger partial charge is 0.392 e. The average molecular weight is 240 g/mol. The summed E-state index contributed by atoms with van der Waals surface area (Å²) in [6, 6.07) is 1.10. The summed E-state index contributed by atoms with van der Waals surface area (Å²) in [5, 5.41) is 12.6. The molecule has 0 radical (unpaired) electrons. The molecule has 17 heavy (non-hydrogen) atoms. The molecule has 0 aromatic carbocycles. The molecule has 1 amide bonds. The summed E-state index contributed by atoms with van der Waals surface area (Å²) in [6.45, 7) is 2.83. The van der Waals surface area contributed by atoms with Crippen LogP contribution in [0.5, 0.6) is 0 Å². The van der Waals surface area contributed by atoms with Gasteiger partial charge in [-0.2, -0.15) is 0 Å². The van der Waals surface area contributed by atoms with E-state index in [4.69, 9.17) is 0 Å². The molecule has 2 aliphatic carbocycles. The molecule has 4 nitrogen and oxygen atoms in total. The highest BCUT2D eigenvalue weighted by atomic mass is 16.3. The Labute approximate surface area is 103 Å². The van der Waals surface area contributed by atoms with Crippen molar-refractivity contribution < 1.29 is 9.90 Å². The van der Waals surface area contributed by atoms with Gasteiger partial charge in [-0.05, 0) is 46.1 Å². The van der Waals surface area contributed by atoms with Gasteiger partial charge < -0.3 is 10.4 Å². The van der Waals surface area contributed by atoms with E-state index >= 15 is 0 Å². The first-order chi connectivity index (χ1) is 8.09. The summed E-state index contributed by atoms with van der Waals surface area (Å²) >= 11 is 0. The minimum atomic E-state index is -0.425. The molecule has 2 rings (SSSR count). The average Bonchev–Trinajstić information content (AvgIpc) is 3.07. The number of carbonyl (C=O) groups is 1. The summed E-state index contributed by atoms with van der Waals surface area (Å²) < 4.78 is 0. The minimum absolute atomic E-state index is 0.0334. The first-order valence-electron chi connectivity index (χ1n) is 6.77. The van der Waals surface area contributed by atoms with Gasteiger partial charge in [0.25, 0.3) is 0 Å². The second-order valence-corrected chi connectivity index (χ2v) is 5.60. The van der Waals surface area contributed by atoms with Crippen molar-refractivity contribution in [1.82, 2.24) is 10.2 Å². The molecule has 0 aromatic rings. The van der Waals surface area contributed by atoms with Gasteiger partial charge >= 0.3 is 0 Å². The van der Waals surface area contributed by atoms with Crippen LogP contribution in [0.2, 0.25) is 0 Å². The number of aliphatic hydroxyl groups is 1. The zero-order valence-corrected chi connectivity index (χ0v) is 10.9. The van der Waals surface area contributed by atoms with E-state index in [1.165, 1.54) is 12.8 Å². The molecule has 0 aromatic heterocycles. The van der Waals surface area contributed by atoms with Crippen LogP contribution < -0.4 is 5.32 Å². The Morgan fingerprint density at radius 1 is 1.41 bits per heavy atom. The molecule has 2 saturated carbocycles. The van der Waals surface area contributed by atoms with E-state index < -0.39 is 6.10 Å². The zero-order chi connectivity index (χ0) is 12.4. The molecular formula is C13H24N2O2. The van der Waals surface area contributed by atoms with Crippen molar-refractivity contribution in [2.75, 3.05) is 13.6 Å². The van der Waals surface area contributed by atoms with Gasteiger partial charge in [-0.1, -0.05) is 0 Å². The van der Waals surface area contributed by atoms with Crippen LogP contribution in [0.1, 0.15) is 39.0 Å². The molecule has 2 aliphatic rings. The van der Waals surface area contributed by atoms with Gasteiger partial charge in [0.05, 0.1) is 12.0 Å². The third kappa shape index (κ3) is 3.19. The summed E-state index contributed by atoms with van der Waals surface area (Å²) in [5.41, 5.74) is 0. The van der Waals surface area contributed by atoms with Crippen molar-refractivity contribution in [3.8, 4) is 0 Å². The van der Waals surface area contributed by atoms with Gasteiger partial charge in [0.2, 0.25) is 5.91 Å². The highest BCUT2D eigenvalue weighted by molar-refractivity contribution is 5.79. The van der Waals surface area contributed by atoms with E-state index in [0.29, 0.717) is 12.6 Å². The van der Waals surface area contributed by atoms with Crippen molar-refractivity contribution in [1.29, 1.82) is 0 Å². The van der Waals surface area contributed by atoms with Crippen molar-refractivity contribution in [2.45, 2.75) is 57.2 Å². The normalized spacial score (nSPS) is 30.6. The number of amides is 1. The monoisotopic (exact) mass is 240 g/mol. The van der Waals surface area contributed by atoms with Gasteiger partial charge in [-0.3, -0.25) is 9.69 Å². The first kappa shape index (κ1) is 12.8. The van der Waals surface area contributed by atoms with Gasteiger partial charge in [0, 0.05) is 18.6 Å². The highest BCUT2D eigenvalue weighted by Crippen LogP contribution is 2.27. The standard InChI is InChI=1S/C13H24N2O2/c1-9(15(2)10-6-7-10)8-14-13(17)11-4-3-5-12(11)16/h9-12,16H,3-8H2,1-2H3,(H,14,17). The lowest BCUT2D eigenvalue weighted by molar-refractivity contribution is -0.127. The number of likely N-dealkylation sites (N-methyl/N-ethyl adjacent to an activating group) is 1. The number of rotatable bonds is 5. The van der Waals surface area contributed by atoms with Crippen LogP contribution in [-0.4, -0.2) is 47.7 Å².